The lowest BCUT2D eigenvalue weighted by Gasteiger charge is -2.30. The Balaban J connectivity index is 1.56. The summed E-state index contributed by atoms with van der Waals surface area (Å²) >= 11 is 5.99. The zero-order valence-corrected chi connectivity index (χ0v) is 18.3. The van der Waals surface area contributed by atoms with Crippen LogP contribution in [-0.4, -0.2) is 23.5 Å². The molecule has 1 aliphatic rings. The van der Waals surface area contributed by atoms with Crippen LogP contribution < -0.4 is 14.8 Å². The van der Waals surface area contributed by atoms with E-state index in [9.17, 15) is 9.59 Å². The SMILES string of the molecule is CC(=O)N(Cc1ccc(Cl)cc1)[C@@H](C(=O)NCc1ccc2c(c1)OCO2)c1ccccc1. The Bertz CT molecular complexity index is 1100. The van der Waals surface area contributed by atoms with Gasteiger partial charge in [-0.25, -0.2) is 0 Å². The Kier molecular flexibility index (Phi) is 6.61. The average molecular weight is 451 g/mol. The molecule has 1 aliphatic heterocycles. The second-order valence-electron chi connectivity index (χ2n) is 7.49. The van der Waals surface area contributed by atoms with E-state index < -0.39 is 6.04 Å². The van der Waals surface area contributed by atoms with Crippen molar-refractivity contribution in [3.63, 3.8) is 0 Å². The topological polar surface area (TPSA) is 67.9 Å². The number of nitrogens with one attached hydrogen (secondary N) is 1. The van der Waals surface area contributed by atoms with E-state index >= 15 is 0 Å². The van der Waals surface area contributed by atoms with Crippen molar-refractivity contribution < 1.29 is 19.1 Å². The lowest BCUT2D eigenvalue weighted by molar-refractivity contribution is -0.140. The maximum Gasteiger partial charge on any atom is 0.247 e. The zero-order chi connectivity index (χ0) is 22.5. The lowest BCUT2D eigenvalue weighted by atomic mass is 10.0. The second kappa shape index (κ2) is 9.75. The molecule has 1 N–H and O–H groups in total. The Morgan fingerprint density at radius 1 is 0.969 bits per heavy atom. The molecule has 0 radical (unpaired) electrons. The van der Waals surface area contributed by atoms with Gasteiger partial charge in [0.1, 0.15) is 6.04 Å². The summed E-state index contributed by atoms with van der Waals surface area (Å²) in [4.78, 5) is 27.5. The second-order valence-corrected chi connectivity index (χ2v) is 7.93. The summed E-state index contributed by atoms with van der Waals surface area (Å²) in [6, 6.07) is 21.3. The van der Waals surface area contributed by atoms with Gasteiger partial charge in [-0.15, -0.1) is 0 Å². The summed E-state index contributed by atoms with van der Waals surface area (Å²) in [5, 5.41) is 3.58. The van der Waals surface area contributed by atoms with Gasteiger partial charge in [0.15, 0.2) is 11.5 Å². The molecule has 1 atom stereocenters. The molecule has 6 nitrogen and oxygen atoms in total. The van der Waals surface area contributed by atoms with Crippen LogP contribution in [0.25, 0.3) is 0 Å². The number of rotatable bonds is 7. The number of fused-ring (bicyclic) bond motifs is 1. The number of benzene rings is 3. The van der Waals surface area contributed by atoms with Crippen molar-refractivity contribution in [3.8, 4) is 11.5 Å². The Morgan fingerprint density at radius 3 is 2.38 bits per heavy atom. The highest BCUT2D eigenvalue weighted by atomic mass is 35.5. The minimum absolute atomic E-state index is 0.194. The van der Waals surface area contributed by atoms with Crippen LogP contribution in [0.15, 0.2) is 72.8 Å². The molecule has 164 valence electrons. The van der Waals surface area contributed by atoms with Gasteiger partial charge in [-0.1, -0.05) is 60.1 Å². The zero-order valence-electron chi connectivity index (χ0n) is 17.6. The summed E-state index contributed by atoms with van der Waals surface area (Å²) in [7, 11) is 0. The molecule has 0 spiro atoms. The van der Waals surface area contributed by atoms with Crippen molar-refractivity contribution in [3.05, 3.63) is 94.5 Å². The number of amides is 2. The first kappa shape index (κ1) is 21.7. The first-order valence-corrected chi connectivity index (χ1v) is 10.6. The van der Waals surface area contributed by atoms with E-state index in [0.717, 1.165) is 16.7 Å². The molecule has 0 saturated heterocycles. The van der Waals surface area contributed by atoms with Crippen LogP contribution in [-0.2, 0) is 22.7 Å². The first-order chi connectivity index (χ1) is 15.5. The summed E-state index contributed by atoms with van der Waals surface area (Å²) in [6.07, 6.45) is 0. The molecule has 1 heterocycles. The molecule has 2 amide bonds. The first-order valence-electron chi connectivity index (χ1n) is 10.2. The number of hydrogen-bond acceptors (Lipinski definition) is 4. The van der Waals surface area contributed by atoms with E-state index in [4.69, 9.17) is 21.1 Å². The average Bonchev–Trinajstić information content (AvgIpc) is 3.27. The van der Waals surface area contributed by atoms with Gasteiger partial charge in [0.05, 0.1) is 0 Å². The summed E-state index contributed by atoms with van der Waals surface area (Å²) in [5.74, 6) is 0.877. The monoisotopic (exact) mass is 450 g/mol. The Morgan fingerprint density at radius 2 is 1.66 bits per heavy atom. The summed E-state index contributed by atoms with van der Waals surface area (Å²) in [6.45, 7) is 2.24. The fourth-order valence-corrected chi connectivity index (χ4v) is 3.74. The van der Waals surface area contributed by atoms with Gasteiger partial charge in [-0.3, -0.25) is 9.59 Å². The van der Waals surface area contributed by atoms with Gasteiger partial charge in [-0.05, 0) is 41.0 Å². The van der Waals surface area contributed by atoms with E-state index in [0.29, 0.717) is 23.1 Å². The number of halogens is 1. The minimum Gasteiger partial charge on any atom is -0.454 e. The molecule has 3 aromatic carbocycles. The van der Waals surface area contributed by atoms with E-state index in [-0.39, 0.29) is 25.2 Å². The van der Waals surface area contributed by atoms with Crippen LogP contribution in [0, 0.1) is 0 Å². The van der Waals surface area contributed by atoms with Crippen molar-refractivity contribution >= 4 is 23.4 Å². The van der Waals surface area contributed by atoms with Crippen LogP contribution in [0.3, 0.4) is 0 Å². The maximum atomic E-state index is 13.4. The predicted molar refractivity (Wildman–Crippen MR) is 121 cm³/mol. The molecular formula is C25H23ClN2O4. The Hall–Kier alpha value is -3.51. The van der Waals surface area contributed by atoms with Crippen LogP contribution in [0.2, 0.25) is 5.02 Å². The van der Waals surface area contributed by atoms with Crippen molar-refractivity contribution in [1.82, 2.24) is 10.2 Å². The van der Waals surface area contributed by atoms with E-state index in [2.05, 4.69) is 5.32 Å². The van der Waals surface area contributed by atoms with Crippen LogP contribution in [0.4, 0.5) is 0 Å². The normalized spacial score (nSPS) is 12.8. The molecule has 0 fully saturated rings. The molecule has 4 rings (SSSR count). The highest BCUT2D eigenvalue weighted by Gasteiger charge is 2.29. The minimum atomic E-state index is -0.779. The lowest BCUT2D eigenvalue weighted by Crippen LogP contribution is -2.42. The maximum absolute atomic E-state index is 13.4. The quantitative estimate of drug-likeness (QED) is 0.576. The molecule has 3 aromatic rings. The van der Waals surface area contributed by atoms with Crippen LogP contribution >= 0.6 is 11.6 Å². The van der Waals surface area contributed by atoms with Gasteiger partial charge < -0.3 is 19.7 Å². The van der Waals surface area contributed by atoms with Gasteiger partial charge in [-0.2, -0.15) is 0 Å². The highest BCUT2D eigenvalue weighted by Crippen LogP contribution is 2.32. The predicted octanol–water partition coefficient (Wildman–Crippen LogP) is 4.47. The van der Waals surface area contributed by atoms with Crippen molar-refractivity contribution in [1.29, 1.82) is 0 Å². The number of hydrogen-bond donors (Lipinski definition) is 1. The fourth-order valence-electron chi connectivity index (χ4n) is 3.62. The van der Waals surface area contributed by atoms with Crippen molar-refractivity contribution in [2.24, 2.45) is 0 Å². The fraction of sp³-hybridized carbons (Fsp3) is 0.200. The highest BCUT2D eigenvalue weighted by molar-refractivity contribution is 6.30. The van der Waals surface area contributed by atoms with E-state index in [1.807, 2.05) is 60.7 Å². The van der Waals surface area contributed by atoms with Gasteiger partial charge >= 0.3 is 0 Å². The third kappa shape index (κ3) is 5.03. The van der Waals surface area contributed by atoms with E-state index in [1.165, 1.54) is 6.92 Å². The van der Waals surface area contributed by atoms with Crippen molar-refractivity contribution in [2.75, 3.05) is 6.79 Å². The molecule has 0 aliphatic carbocycles. The molecule has 0 bridgehead atoms. The van der Waals surface area contributed by atoms with Gasteiger partial charge in [0.2, 0.25) is 18.6 Å². The summed E-state index contributed by atoms with van der Waals surface area (Å²) < 4.78 is 10.7. The molecule has 0 aromatic heterocycles. The molecule has 7 heteroatoms. The Labute approximate surface area is 191 Å². The van der Waals surface area contributed by atoms with Gasteiger partial charge in [0, 0.05) is 25.0 Å². The smallest absolute Gasteiger partial charge is 0.247 e. The van der Waals surface area contributed by atoms with Crippen molar-refractivity contribution in [2.45, 2.75) is 26.1 Å². The summed E-state index contributed by atoms with van der Waals surface area (Å²) in [5.41, 5.74) is 2.50. The molecule has 0 saturated carbocycles. The van der Waals surface area contributed by atoms with Crippen LogP contribution in [0.1, 0.15) is 29.7 Å². The number of carbonyl (C=O) groups excluding carboxylic acids is 2. The van der Waals surface area contributed by atoms with Gasteiger partial charge in [0.25, 0.3) is 0 Å². The number of nitrogens with zero attached hydrogens (tertiary/aromatic N) is 1. The number of carbonyl (C=O) groups is 2. The number of ether oxygens (including phenoxy) is 2. The van der Waals surface area contributed by atoms with Crippen LogP contribution in [0.5, 0.6) is 11.5 Å². The third-order valence-corrected chi connectivity index (χ3v) is 5.50. The largest absolute Gasteiger partial charge is 0.454 e. The van der Waals surface area contributed by atoms with E-state index in [1.54, 1.807) is 17.0 Å². The molecular weight excluding hydrogens is 428 g/mol. The molecule has 32 heavy (non-hydrogen) atoms. The molecule has 0 unspecified atom stereocenters. The third-order valence-electron chi connectivity index (χ3n) is 5.25. The standard InChI is InChI=1S/C25H23ClN2O4/c1-17(29)28(15-18-7-10-21(26)11-8-18)24(20-5-3-2-4-6-20)25(30)27-14-19-9-12-22-23(13-19)32-16-31-22/h2-13,24H,14-16H2,1H3,(H,27,30)/t24-/m1/s1.